The monoisotopic (exact) mass is 314 g/mol. The summed E-state index contributed by atoms with van der Waals surface area (Å²) in [7, 11) is -3.94. The lowest BCUT2D eigenvalue weighted by atomic mass is 10.2. The maximum atomic E-state index is 12.1. The molecule has 7 nitrogen and oxygen atoms in total. The smallest absolute Gasteiger partial charge is 0.337 e. The van der Waals surface area contributed by atoms with Crippen LogP contribution < -0.4 is 10.5 Å². The Morgan fingerprint density at radius 3 is 2.71 bits per heavy atom. The van der Waals surface area contributed by atoms with Gasteiger partial charge in [0.2, 0.25) is 10.0 Å². The SMILES string of the molecule is C=C(C)COCCNS(=O)(=O)c1ccc(N)cc1C(=O)O. The topological polar surface area (TPSA) is 119 Å². The van der Waals surface area contributed by atoms with Crippen molar-refractivity contribution < 1.29 is 23.1 Å². The predicted octanol–water partition coefficient (Wildman–Crippen LogP) is 0.838. The fraction of sp³-hybridized carbons (Fsp3) is 0.308. The summed E-state index contributed by atoms with van der Waals surface area (Å²) in [4.78, 5) is 10.8. The van der Waals surface area contributed by atoms with Gasteiger partial charge in [0, 0.05) is 12.2 Å². The molecule has 0 aliphatic heterocycles. The second kappa shape index (κ2) is 7.21. The van der Waals surface area contributed by atoms with E-state index in [1.54, 1.807) is 6.92 Å². The molecule has 0 amide bonds. The van der Waals surface area contributed by atoms with Gasteiger partial charge in [-0.25, -0.2) is 17.9 Å². The highest BCUT2D eigenvalue weighted by atomic mass is 32.2. The Kier molecular flexibility index (Phi) is 5.89. The van der Waals surface area contributed by atoms with Crippen LogP contribution in [0.3, 0.4) is 0 Å². The van der Waals surface area contributed by atoms with E-state index in [4.69, 9.17) is 15.6 Å². The summed E-state index contributed by atoms with van der Waals surface area (Å²) in [5, 5.41) is 9.04. The van der Waals surface area contributed by atoms with Crippen molar-refractivity contribution in [3.8, 4) is 0 Å². The fourth-order valence-electron chi connectivity index (χ4n) is 1.52. The average molecular weight is 314 g/mol. The van der Waals surface area contributed by atoms with Gasteiger partial charge < -0.3 is 15.6 Å². The number of hydrogen-bond donors (Lipinski definition) is 3. The summed E-state index contributed by atoms with van der Waals surface area (Å²) in [6.45, 7) is 5.96. The zero-order valence-electron chi connectivity index (χ0n) is 11.6. The average Bonchev–Trinajstić information content (AvgIpc) is 2.37. The first-order valence-corrected chi connectivity index (χ1v) is 7.57. The van der Waals surface area contributed by atoms with Crippen molar-refractivity contribution in [3.63, 3.8) is 0 Å². The van der Waals surface area contributed by atoms with Gasteiger partial charge in [0.05, 0.1) is 23.7 Å². The van der Waals surface area contributed by atoms with Crippen molar-refractivity contribution in [2.45, 2.75) is 11.8 Å². The van der Waals surface area contributed by atoms with Gasteiger partial charge in [-0.2, -0.15) is 0 Å². The summed E-state index contributed by atoms with van der Waals surface area (Å²) in [6.07, 6.45) is 0. The Hall–Kier alpha value is -1.90. The molecular weight excluding hydrogens is 296 g/mol. The van der Waals surface area contributed by atoms with E-state index in [0.29, 0.717) is 6.61 Å². The number of carboxylic acid groups (broad SMARTS) is 1. The van der Waals surface area contributed by atoms with Crippen LogP contribution in [0.5, 0.6) is 0 Å². The highest BCUT2D eigenvalue weighted by Crippen LogP contribution is 2.18. The van der Waals surface area contributed by atoms with E-state index in [1.807, 2.05) is 0 Å². The molecular formula is C13H18N2O5S. The van der Waals surface area contributed by atoms with Gasteiger partial charge in [-0.05, 0) is 25.1 Å². The third-order valence-electron chi connectivity index (χ3n) is 2.41. The highest BCUT2D eigenvalue weighted by molar-refractivity contribution is 7.89. The van der Waals surface area contributed by atoms with Gasteiger partial charge in [-0.3, -0.25) is 0 Å². The molecule has 4 N–H and O–H groups in total. The number of rotatable bonds is 8. The van der Waals surface area contributed by atoms with Crippen LogP contribution in [0.15, 0.2) is 35.2 Å². The van der Waals surface area contributed by atoms with Crippen LogP contribution in [0.1, 0.15) is 17.3 Å². The molecule has 0 aromatic heterocycles. The van der Waals surface area contributed by atoms with Crippen LogP contribution >= 0.6 is 0 Å². The fourth-order valence-corrected chi connectivity index (χ4v) is 2.71. The number of hydrogen-bond acceptors (Lipinski definition) is 5. The van der Waals surface area contributed by atoms with Crippen molar-refractivity contribution in [2.24, 2.45) is 0 Å². The Morgan fingerprint density at radius 1 is 1.48 bits per heavy atom. The van der Waals surface area contributed by atoms with Gasteiger partial charge in [0.25, 0.3) is 0 Å². The third kappa shape index (κ3) is 5.18. The Balaban J connectivity index is 2.79. The molecule has 1 aromatic carbocycles. The number of benzene rings is 1. The molecule has 8 heteroatoms. The molecule has 0 atom stereocenters. The van der Waals surface area contributed by atoms with Gasteiger partial charge in [0.1, 0.15) is 0 Å². The second-order valence-corrected chi connectivity index (χ2v) is 6.20. The van der Waals surface area contributed by atoms with E-state index in [-0.39, 0.29) is 29.3 Å². The molecule has 116 valence electrons. The number of anilines is 1. The van der Waals surface area contributed by atoms with Gasteiger partial charge in [-0.15, -0.1) is 0 Å². The van der Waals surface area contributed by atoms with Crippen molar-refractivity contribution in [1.82, 2.24) is 4.72 Å². The van der Waals surface area contributed by atoms with Crippen LogP contribution in [0, 0.1) is 0 Å². The summed E-state index contributed by atoms with van der Waals surface area (Å²) < 4.78 is 31.6. The van der Waals surface area contributed by atoms with E-state index >= 15 is 0 Å². The van der Waals surface area contributed by atoms with E-state index in [1.165, 1.54) is 6.07 Å². The lowest BCUT2D eigenvalue weighted by Crippen LogP contribution is -2.29. The Bertz CT molecular complexity index is 640. The van der Waals surface area contributed by atoms with Crippen molar-refractivity contribution in [2.75, 3.05) is 25.5 Å². The van der Waals surface area contributed by atoms with Crippen molar-refractivity contribution >= 4 is 21.7 Å². The third-order valence-corrected chi connectivity index (χ3v) is 3.93. The second-order valence-electron chi connectivity index (χ2n) is 4.47. The molecule has 0 heterocycles. The largest absolute Gasteiger partial charge is 0.478 e. The maximum Gasteiger partial charge on any atom is 0.337 e. The first-order valence-electron chi connectivity index (χ1n) is 6.08. The zero-order chi connectivity index (χ0) is 16.0. The van der Waals surface area contributed by atoms with Crippen molar-refractivity contribution in [3.05, 3.63) is 35.9 Å². The standard InChI is InChI=1S/C13H18N2O5S/c1-9(2)8-20-6-5-15-21(18,19)12-4-3-10(14)7-11(12)13(16)17/h3-4,7,15H,1,5-6,8,14H2,2H3,(H,16,17). The number of sulfonamides is 1. The van der Waals surface area contributed by atoms with Crippen LogP contribution in [0.4, 0.5) is 5.69 Å². The van der Waals surface area contributed by atoms with Crippen LogP contribution in [-0.2, 0) is 14.8 Å². The number of carbonyl (C=O) groups is 1. The molecule has 0 unspecified atom stereocenters. The summed E-state index contributed by atoms with van der Waals surface area (Å²) in [5.41, 5.74) is 6.10. The normalized spacial score (nSPS) is 11.3. The first-order chi connectivity index (χ1) is 9.74. The van der Waals surface area contributed by atoms with Crippen LogP contribution in [0.25, 0.3) is 0 Å². The molecule has 0 saturated heterocycles. The lowest BCUT2D eigenvalue weighted by molar-refractivity contribution is 0.0692. The quantitative estimate of drug-likeness (QED) is 0.371. The molecule has 0 spiro atoms. The molecule has 1 rings (SSSR count). The maximum absolute atomic E-state index is 12.1. The molecule has 21 heavy (non-hydrogen) atoms. The van der Waals surface area contributed by atoms with Crippen LogP contribution in [-0.4, -0.2) is 39.3 Å². The minimum Gasteiger partial charge on any atom is -0.478 e. The van der Waals surface area contributed by atoms with E-state index in [9.17, 15) is 13.2 Å². The number of nitrogens with two attached hydrogens (primary N) is 1. The Labute approximate surface area is 123 Å². The van der Waals surface area contributed by atoms with Gasteiger partial charge in [0.15, 0.2) is 0 Å². The Morgan fingerprint density at radius 2 is 2.14 bits per heavy atom. The highest BCUT2D eigenvalue weighted by Gasteiger charge is 2.22. The van der Waals surface area contributed by atoms with Crippen LogP contribution in [0.2, 0.25) is 0 Å². The minimum atomic E-state index is -3.94. The molecule has 0 radical (unpaired) electrons. The van der Waals surface area contributed by atoms with E-state index < -0.39 is 16.0 Å². The molecule has 0 aliphatic carbocycles. The van der Waals surface area contributed by atoms with Gasteiger partial charge >= 0.3 is 5.97 Å². The number of ether oxygens (including phenoxy) is 1. The molecule has 0 saturated carbocycles. The number of nitrogens with one attached hydrogen (secondary N) is 1. The summed E-state index contributed by atoms with van der Waals surface area (Å²) in [6, 6.07) is 3.60. The molecule has 0 bridgehead atoms. The van der Waals surface area contributed by atoms with E-state index in [0.717, 1.165) is 17.7 Å². The number of nitrogen functional groups attached to an aromatic ring is 1. The summed E-state index contributed by atoms with van der Waals surface area (Å²) in [5.74, 6) is -1.36. The number of carboxylic acids is 1. The molecule has 0 fully saturated rings. The number of aromatic carboxylic acids is 1. The lowest BCUT2D eigenvalue weighted by Gasteiger charge is -2.10. The van der Waals surface area contributed by atoms with Crippen molar-refractivity contribution in [1.29, 1.82) is 0 Å². The predicted molar refractivity (Wildman–Crippen MR) is 78.6 cm³/mol. The van der Waals surface area contributed by atoms with E-state index in [2.05, 4.69) is 11.3 Å². The van der Waals surface area contributed by atoms with Gasteiger partial charge in [-0.1, -0.05) is 12.2 Å². The minimum absolute atomic E-state index is 0.0268. The molecule has 0 aliphatic rings. The molecule has 1 aromatic rings. The summed E-state index contributed by atoms with van der Waals surface area (Å²) >= 11 is 0. The zero-order valence-corrected chi connectivity index (χ0v) is 12.4. The first kappa shape index (κ1) is 17.2.